The highest BCUT2D eigenvalue weighted by Crippen LogP contribution is 2.31. The number of aryl methyl sites for hydroxylation is 1. The number of aromatic nitrogens is 2. The maximum Gasteiger partial charge on any atom is 0.416 e. The van der Waals surface area contributed by atoms with E-state index in [9.17, 15) is 13.2 Å². The van der Waals surface area contributed by atoms with Gasteiger partial charge in [0.1, 0.15) is 5.15 Å². The molecule has 0 fully saturated rings. The first kappa shape index (κ1) is 13.8. The molecule has 19 heavy (non-hydrogen) atoms. The summed E-state index contributed by atoms with van der Waals surface area (Å²) >= 11 is 5.93. The Morgan fingerprint density at radius 3 is 2.37 bits per heavy atom. The van der Waals surface area contributed by atoms with Crippen LogP contribution in [0.3, 0.4) is 0 Å². The van der Waals surface area contributed by atoms with Crippen LogP contribution < -0.4 is 0 Å². The molecule has 6 heteroatoms. The van der Waals surface area contributed by atoms with E-state index in [1.807, 2.05) is 0 Å². The molecule has 0 aliphatic heterocycles. The maximum absolute atomic E-state index is 12.6. The molecule has 0 radical (unpaired) electrons. The second kappa shape index (κ2) is 4.81. The standard InChI is InChI=1S/C13H10ClF3N2/c1-7-8(2)18-12(19-11(7)14)9-4-3-5-10(6-9)13(15,16)17/h3-6H,1-2H3. The van der Waals surface area contributed by atoms with Gasteiger partial charge in [-0.05, 0) is 26.0 Å². The predicted octanol–water partition coefficient (Wildman–Crippen LogP) is 4.43. The van der Waals surface area contributed by atoms with Crippen molar-refractivity contribution in [1.82, 2.24) is 9.97 Å². The molecule has 0 bridgehead atoms. The normalized spacial score (nSPS) is 11.7. The molecule has 2 aromatic rings. The van der Waals surface area contributed by atoms with Gasteiger partial charge in [0.15, 0.2) is 5.82 Å². The average Bonchev–Trinajstić information content (AvgIpc) is 2.34. The fraction of sp³-hybridized carbons (Fsp3) is 0.231. The van der Waals surface area contributed by atoms with Gasteiger partial charge in [-0.2, -0.15) is 13.2 Å². The van der Waals surface area contributed by atoms with Crippen molar-refractivity contribution >= 4 is 11.6 Å². The third kappa shape index (κ3) is 2.87. The molecule has 1 aromatic heterocycles. The predicted molar refractivity (Wildman–Crippen MR) is 67.0 cm³/mol. The number of halogens is 4. The van der Waals surface area contributed by atoms with Crippen LogP contribution in [0.2, 0.25) is 5.15 Å². The van der Waals surface area contributed by atoms with Crippen LogP contribution in [0, 0.1) is 13.8 Å². The van der Waals surface area contributed by atoms with E-state index in [2.05, 4.69) is 9.97 Å². The number of benzene rings is 1. The SMILES string of the molecule is Cc1nc(-c2cccc(C(F)(F)F)c2)nc(Cl)c1C. The molecule has 1 aromatic carbocycles. The highest BCUT2D eigenvalue weighted by Gasteiger charge is 2.30. The number of hydrogen-bond donors (Lipinski definition) is 0. The van der Waals surface area contributed by atoms with Gasteiger partial charge in [-0.3, -0.25) is 0 Å². The monoisotopic (exact) mass is 286 g/mol. The van der Waals surface area contributed by atoms with Crippen LogP contribution in [0.4, 0.5) is 13.2 Å². The van der Waals surface area contributed by atoms with E-state index in [4.69, 9.17) is 11.6 Å². The van der Waals surface area contributed by atoms with Crippen LogP contribution in [-0.4, -0.2) is 9.97 Å². The molecule has 0 saturated carbocycles. The molecule has 2 rings (SSSR count). The Labute approximate surface area is 113 Å². The van der Waals surface area contributed by atoms with Gasteiger partial charge >= 0.3 is 6.18 Å². The Bertz CT molecular complexity index is 601. The number of alkyl halides is 3. The third-order valence-corrected chi connectivity index (χ3v) is 3.15. The van der Waals surface area contributed by atoms with Crippen LogP contribution >= 0.6 is 11.6 Å². The summed E-state index contributed by atoms with van der Waals surface area (Å²) in [5.74, 6) is 0.194. The Hall–Kier alpha value is -1.62. The first-order chi connectivity index (χ1) is 8.79. The minimum Gasteiger partial charge on any atom is -0.233 e. The molecule has 0 aliphatic rings. The van der Waals surface area contributed by atoms with E-state index in [0.29, 0.717) is 11.3 Å². The van der Waals surface area contributed by atoms with Crippen molar-refractivity contribution in [2.24, 2.45) is 0 Å². The van der Waals surface area contributed by atoms with Crippen molar-refractivity contribution in [1.29, 1.82) is 0 Å². The third-order valence-electron chi connectivity index (χ3n) is 2.78. The van der Waals surface area contributed by atoms with Crippen molar-refractivity contribution in [3.8, 4) is 11.4 Å². The van der Waals surface area contributed by atoms with Crippen LogP contribution in [0.5, 0.6) is 0 Å². The number of hydrogen-bond acceptors (Lipinski definition) is 2. The zero-order valence-electron chi connectivity index (χ0n) is 10.2. The van der Waals surface area contributed by atoms with Gasteiger partial charge in [-0.1, -0.05) is 23.7 Å². The maximum atomic E-state index is 12.6. The lowest BCUT2D eigenvalue weighted by molar-refractivity contribution is -0.137. The molecule has 100 valence electrons. The Kier molecular flexibility index (Phi) is 3.49. The molecule has 0 aliphatic carbocycles. The molecular weight excluding hydrogens is 277 g/mol. The summed E-state index contributed by atoms with van der Waals surface area (Å²) in [6.45, 7) is 3.49. The van der Waals surface area contributed by atoms with Crippen molar-refractivity contribution in [2.75, 3.05) is 0 Å². The smallest absolute Gasteiger partial charge is 0.233 e. The molecular formula is C13H10ClF3N2. The topological polar surface area (TPSA) is 25.8 Å². The van der Waals surface area contributed by atoms with Crippen LogP contribution in [0.1, 0.15) is 16.8 Å². The Balaban J connectivity index is 2.54. The highest BCUT2D eigenvalue weighted by atomic mass is 35.5. The second-order valence-corrected chi connectivity index (χ2v) is 4.49. The first-order valence-electron chi connectivity index (χ1n) is 5.47. The molecule has 0 N–H and O–H groups in total. The molecule has 0 spiro atoms. The zero-order chi connectivity index (χ0) is 14.2. The van der Waals surface area contributed by atoms with Crippen LogP contribution in [0.15, 0.2) is 24.3 Å². The number of nitrogens with zero attached hydrogens (tertiary/aromatic N) is 2. The molecule has 0 saturated heterocycles. The van der Waals surface area contributed by atoms with E-state index >= 15 is 0 Å². The highest BCUT2D eigenvalue weighted by molar-refractivity contribution is 6.30. The van der Waals surface area contributed by atoms with Gasteiger partial charge in [0.05, 0.1) is 5.56 Å². The minimum atomic E-state index is -4.39. The van der Waals surface area contributed by atoms with Crippen molar-refractivity contribution in [3.05, 3.63) is 46.2 Å². The van der Waals surface area contributed by atoms with Crippen molar-refractivity contribution < 1.29 is 13.2 Å². The van der Waals surface area contributed by atoms with Gasteiger partial charge in [0.2, 0.25) is 0 Å². The van der Waals surface area contributed by atoms with Gasteiger partial charge in [0.25, 0.3) is 0 Å². The lowest BCUT2D eigenvalue weighted by Crippen LogP contribution is -2.05. The van der Waals surface area contributed by atoms with E-state index in [1.165, 1.54) is 12.1 Å². The average molecular weight is 287 g/mol. The Morgan fingerprint density at radius 1 is 1.11 bits per heavy atom. The van der Waals surface area contributed by atoms with Gasteiger partial charge < -0.3 is 0 Å². The van der Waals surface area contributed by atoms with E-state index in [0.717, 1.165) is 17.7 Å². The van der Waals surface area contributed by atoms with Crippen LogP contribution in [0.25, 0.3) is 11.4 Å². The van der Waals surface area contributed by atoms with Gasteiger partial charge in [0, 0.05) is 16.8 Å². The summed E-state index contributed by atoms with van der Waals surface area (Å²) in [5.41, 5.74) is 0.924. The van der Waals surface area contributed by atoms with Crippen LogP contribution in [-0.2, 0) is 6.18 Å². The largest absolute Gasteiger partial charge is 0.416 e. The summed E-state index contributed by atoms with van der Waals surface area (Å²) in [7, 11) is 0. The summed E-state index contributed by atoms with van der Waals surface area (Å²) < 4.78 is 37.9. The molecule has 0 unspecified atom stereocenters. The molecule has 0 atom stereocenters. The fourth-order valence-corrected chi connectivity index (χ4v) is 1.77. The molecule has 1 heterocycles. The lowest BCUT2D eigenvalue weighted by atomic mass is 10.1. The number of rotatable bonds is 1. The van der Waals surface area contributed by atoms with Crippen molar-refractivity contribution in [2.45, 2.75) is 20.0 Å². The van der Waals surface area contributed by atoms with Gasteiger partial charge in [-0.25, -0.2) is 9.97 Å². The second-order valence-electron chi connectivity index (χ2n) is 4.13. The van der Waals surface area contributed by atoms with Gasteiger partial charge in [-0.15, -0.1) is 0 Å². The van der Waals surface area contributed by atoms with E-state index in [-0.39, 0.29) is 11.0 Å². The first-order valence-corrected chi connectivity index (χ1v) is 5.85. The quantitative estimate of drug-likeness (QED) is 0.725. The summed E-state index contributed by atoms with van der Waals surface area (Å²) in [5, 5.41) is 0.250. The molecule has 2 nitrogen and oxygen atoms in total. The zero-order valence-corrected chi connectivity index (χ0v) is 11.0. The lowest BCUT2D eigenvalue weighted by Gasteiger charge is -2.09. The minimum absolute atomic E-state index is 0.194. The van der Waals surface area contributed by atoms with E-state index < -0.39 is 11.7 Å². The fourth-order valence-electron chi connectivity index (χ4n) is 1.56. The Morgan fingerprint density at radius 2 is 1.79 bits per heavy atom. The van der Waals surface area contributed by atoms with Crippen molar-refractivity contribution in [3.63, 3.8) is 0 Å². The summed E-state index contributed by atoms with van der Waals surface area (Å²) in [6, 6.07) is 4.87. The summed E-state index contributed by atoms with van der Waals surface area (Å²) in [4.78, 5) is 8.18. The van der Waals surface area contributed by atoms with E-state index in [1.54, 1.807) is 13.8 Å². The summed E-state index contributed by atoms with van der Waals surface area (Å²) in [6.07, 6.45) is -4.39. The molecule has 0 amide bonds.